The molecule has 3 amide bonds. The first-order valence-corrected chi connectivity index (χ1v) is 12.7. The molecular weight excluding hydrogens is 490 g/mol. The van der Waals surface area contributed by atoms with Crippen molar-refractivity contribution in [1.29, 1.82) is 0 Å². The summed E-state index contributed by atoms with van der Waals surface area (Å²) < 4.78 is 5.23. The molecule has 0 spiro atoms. The van der Waals surface area contributed by atoms with E-state index in [-0.39, 0.29) is 36.3 Å². The van der Waals surface area contributed by atoms with Crippen molar-refractivity contribution in [3.05, 3.63) is 46.6 Å². The van der Waals surface area contributed by atoms with Gasteiger partial charge in [-0.2, -0.15) is 0 Å². The van der Waals surface area contributed by atoms with Gasteiger partial charge in [-0.05, 0) is 49.9 Å². The average Bonchev–Trinajstić information content (AvgIpc) is 3.24. The molecule has 0 radical (unpaired) electrons. The maximum absolute atomic E-state index is 13.2. The average molecular weight is 514 g/mol. The molecule has 5 rings (SSSR count). The van der Waals surface area contributed by atoms with Gasteiger partial charge in [0.05, 0.1) is 17.3 Å². The third-order valence-corrected chi connectivity index (χ3v) is 7.76. The van der Waals surface area contributed by atoms with E-state index in [2.05, 4.69) is 20.6 Å². The normalized spacial score (nSPS) is 20.6. The van der Waals surface area contributed by atoms with E-state index in [1.165, 1.54) is 17.5 Å². The van der Waals surface area contributed by atoms with Gasteiger partial charge in [-0.3, -0.25) is 14.4 Å². The summed E-state index contributed by atoms with van der Waals surface area (Å²) in [5, 5.41) is 6.95. The first-order valence-electron chi connectivity index (χ1n) is 11.5. The van der Waals surface area contributed by atoms with Crippen LogP contribution >= 0.6 is 22.9 Å². The molecule has 3 aromatic heterocycles. The van der Waals surface area contributed by atoms with Gasteiger partial charge in [0.15, 0.2) is 0 Å². The van der Waals surface area contributed by atoms with Gasteiger partial charge in [-0.25, -0.2) is 9.97 Å². The molecule has 11 heteroatoms. The molecule has 2 fully saturated rings. The number of amides is 3. The van der Waals surface area contributed by atoms with Crippen LogP contribution in [0.15, 0.2) is 36.7 Å². The highest BCUT2D eigenvalue weighted by atomic mass is 35.5. The van der Waals surface area contributed by atoms with E-state index in [0.29, 0.717) is 57.6 Å². The Kier molecular flexibility index (Phi) is 6.94. The molecule has 2 aliphatic rings. The van der Waals surface area contributed by atoms with Crippen LogP contribution in [0.4, 0.5) is 11.5 Å². The van der Waals surface area contributed by atoms with Crippen molar-refractivity contribution in [2.45, 2.75) is 31.7 Å². The van der Waals surface area contributed by atoms with Crippen LogP contribution in [-0.2, 0) is 14.3 Å². The lowest BCUT2D eigenvalue weighted by Gasteiger charge is -2.38. The van der Waals surface area contributed by atoms with Gasteiger partial charge in [0.2, 0.25) is 11.8 Å². The molecule has 1 saturated carbocycles. The van der Waals surface area contributed by atoms with E-state index in [4.69, 9.17) is 16.3 Å². The number of nitrogens with one attached hydrogen (secondary N) is 2. The summed E-state index contributed by atoms with van der Waals surface area (Å²) in [5.41, 5.74) is 0.458. The summed E-state index contributed by atoms with van der Waals surface area (Å²) in [5.74, 6) is -0.320. The summed E-state index contributed by atoms with van der Waals surface area (Å²) in [6.07, 6.45) is 6.00. The minimum absolute atomic E-state index is 0.0206. The third kappa shape index (κ3) is 5.14. The Morgan fingerprint density at radius 1 is 1.11 bits per heavy atom. The molecule has 2 N–H and O–H groups in total. The highest BCUT2D eigenvalue weighted by molar-refractivity contribution is 7.21. The molecule has 1 saturated heterocycles. The number of ether oxygens (including phenoxy) is 1. The molecule has 1 aliphatic carbocycles. The zero-order chi connectivity index (χ0) is 24.4. The largest absolute Gasteiger partial charge is 0.370 e. The van der Waals surface area contributed by atoms with Crippen molar-refractivity contribution < 1.29 is 19.1 Å². The quantitative estimate of drug-likeness (QED) is 0.534. The van der Waals surface area contributed by atoms with Crippen molar-refractivity contribution in [2.24, 2.45) is 5.92 Å². The highest BCUT2D eigenvalue weighted by Gasteiger charge is 2.33. The topological polar surface area (TPSA) is 114 Å². The van der Waals surface area contributed by atoms with Crippen molar-refractivity contribution >= 4 is 62.4 Å². The molecule has 35 heavy (non-hydrogen) atoms. The third-order valence-electron chi connectivity index (χ3n) is 6.42. The van der Waals surface area contributed by atoms with Crippen molar-refractivity contribution in [3.63, 3.8) is 0 Å². The van der Waals surface area contributed by atoms with Crippen LogP contribution in [0.1, 0.15) is 35.4 Å². The number of rotatable bonds is 5. The second kappa shape index (κ2) is 10.3. The molecule has 0 aromatic carbocycles. The van der Waals surface area contributed by atoms with Crippen molar-refractivity contribution in [2.75, 3.05) is 30.4 Å². The lowest BCUT2D eigenvalue weighted by molar-refractivity contribution is -0.146. The van der Waals surface area contributed by atoms with E-state index < -0.39 is 0 Å². The lowest BCUT2D eigenvalue weighted by Crippen LogP contribution is -2.49. The van der Waals surface area contributed by atoms with Crippen LogP contribution in [0.3, 0.4) is 0 Å². The van der Waals surface area contributed by atoms with Crippen molar-refractivity contribution in [3.8, 4) is 0 Å². The number of nitrogens with zero attached hydrogens (tertiary/aromatic N) is 3. The maximum Gasteiger partial charge on any atom is 0.269 e. The fourth-order valence-corrected chi connectivity index (χ4v) is 5.74. The maximum atomic E-state index is 13.2. The molecule has 0 unspecified atom stereocenters. The van der Waals surface area contributed by atoms with Crippen LogP contribution in [0.25, 0.3) is 10.2 Å². The number of pyridine rings is 2. The first kappa shape index (κ1) is 23.7. The summed E-state index contributed by atoms with van der Waals surface area (Å²) in [7, 11) is 0. The minimum Gasteiger partial charge on any atom is -0.370 e. The van der Waals surface area contributed by atoms with Gasteiger partial charge in [0.25, 0.3) is 5.91 Å². The highest BCUT2D eigenvalue weighted by Crippen LogP contribution is 2.36. The van der Waals surface area contributed by atoms with E-state index in [1.807, 2.05) is 11.0 Å². The zero-order valence-electron chi connectivity index (χ0n) is 18.8. The monoisotopic (exact) mass is 513 g/mol. The van der Waals surface area contributed by atoms with Crippen LogP contribution < -0.4 is 10.6 Å². The van der Waals surface area contributed by atoms with Crippen LogP contribution in [0.5, 0.6) is 0 Å². The van der Waals surface area contributed by atoms with Gasteiger partial charge >= 0.3 is 0 Å². The molecule has 9 nitrogen and oxygen atoms in total. The Hall–Kier alpha value is -3.08. The Morgan fingerprint density at radius 3 is 2.69 bits per heavy atom. The fourth-order valence-electron chi connectivity index (χ4n) is 4.63. The summed E-state index contributed by atoms with van der Waals surface area (Å²) in [4.78, 5) is 49.9. The molecule has 182 valence electrons. The number of halogens is 1. The predicted octanol–water partition coefficient (Wildman–Crippen LogP) is 3.95. The van der Waals surface area contributed by atoms with Gasteiger partial charge in [-0.1, -0.05) is 11.6 Å². The standard InChI is InChI=1S/C24H24ClN5O4S/c25-15-5-8-18(27-12-15)28-23(33)21-20(17-2-1-9-26-24(17)35-21)29-22(32)14-3-6-16(7-4-14)30-10-11-34-13-19(30)31/h1-2,5,8-9,12,14,16H,3-4,6-7,10-11,13H2,(H,29,32)(H,27,28,33). The van der Waals surface area contributed by atoms with Crippen LogP contribution in [0.2, 0.25) is 5.02 Å². The second-order valence-corrected chi connectivity index (χ2v) is 10.0. The van der Waals surface area contributed by atoms with Gasteiger partial charge < -0.3 is 20.3 Å². The second-order valence-electron chi connectivity index (χ2n) is 8.61. The van der Waals surface area contributed by atoms with Gasteiger partial charge in [0, 0.05) is 36.3 Å². The van der Waals surface area contributed by atoms with E-state index >= 15 is 0 Å². The number of carbonyl (C=O) groups excluding carboxylic acids is 3. The molecular formula is C24H24ClN5O4S. The van der Waals surface area contributed by atoms with E-state index in [0.717, 1.165) is 12.8 Å². The number of aromatic nitrogens is 2. The predicted molar refractivity (Wildman–Crippen MR) is 134 cm³/mol. The first-order chi connectivity index (χ1) is 17.0. The zero-order valence-corrected chi connectivity index (χ0v) is 20.4. The smallest absolute Gasteiger partial charge is 0.269 e. The van der Waals surface area contributed by atoms with E-state index in [9.17, 15) is 14.4 Å². The number of fused-ring (bicyclic) bond motifs is 1. The number of hydrogen-bond donors (Lipinski definition) is 2. The molecule has 0 bridgehead atoms. The number of hydrogen-bond acceptors (Lipinski definition) is 7. The SMILES string of the molecule is O=C(Nc1ccc(Cl)cn1)c1sc2ncccc2c1NC(=O)C1CCC(N2CCOCC2=O)CC1. The number of thiophene rings is 1. The fraction of sp³-hybridized carbons (Fsp3) is 0.375. The number of anilines is 2. The summed E-state index contributed by atoms with van der Waals surface area (Å²) in [6, 6.07) is 7.02. The van der Waals surface area contributed by atoms with E-state index in [1.54, 1.807) is 24.4 Å². The Bertz CT molecular complexity index is 1260. The molecule has 0 atom stereocenters. The molecule has 4 heterocycles. The molecule has 3 aromatic rings. The Labute approximate surface area is 210 Å². The summed E-state index contributed by atoms with van der Waals surface area (Å²) in [6.45, 7) is 1.30. The van der Waals surface area contributed by atoms with Gasteiger partial charge in [0.1, 0.15) is 22.1 Å². The minimum atomic E-state index is -0.382. The van der Waals surface area contributed by atoms with Crippen LogP contribution in [0, 0.1) is 5.92 Å². The molecule has 1 aliphatic heterocycles. The number of carbonyl (C=O) groups is 3. The lowest BCUT2D eigenvalue weighted by atomic mass is 9.84. The van der Waals surface area contributed by atoms with Crippen LogP contribution in [-0.4, -0.2) is 58.4 Å². The van der Waals surface area contributed by atoms with Gasteiger partial charge in [-0.15, -0.1) is 11.3 Å². The number of morpholine rings is 1. The van der Waals surface area contributed by atoms with Crippen molar-refractivity contribution in [1.82, 2.24) is 14.9 Å². The summed E-state index contributed by atoms with van der Waals surface area (Å²) >= 11 is 7.10. The Morgan fingerprint density at radius 2 is 1.94 bits per heavy atom. The Balaban J connectivity index is 1.30.